The average Bonchev–Trinajstić information content (AvgIpc) is 2.65. The zero-order valence-electron chi connectivity index (χ0n) is 9.97. The number of alkyl halides is 1. The fourth-order valence-electron chi connectivity index (χ4n) is 1.43. The molecular formula is C12H18BrNO2. The SMILES string of the molecule is CCC(C)(CCBr)NC(=O)c1ccc(C)o1. The number of rotatable bonds is 5. The fourth-order valence-corrected chi connectivity index (χ4v) is 2.30. The van der Waals surface area contributed by atoms with Gasteiger partial charge >= 0.3 is 0 Å². The van der Waals surface area contributed by atoms with Gasteiger partial charge in [-0.2, -0.15) is 0 Å². The Bertz CT molecular complexity index is 362. The van der Waals surface area contributed by atoms with Crippen LogP contribution in [-0.4, -0.2) is 16.8 Å². The van der Waals surface area contributed by atoms with E-state index >= 15 is 0 Å². The second kappa shape index (κ2) is 5.53. The predicted molar refractivity (Wildman–Crippen MR) is 68.0 cm³/mol. The van der Waals surface area contributed by atoms with Gasteiger partial charge in [0.2, 0.25) is 0 Å². The molecule has 1 heterocycles. The Kier molecular flexibility index (Phi) is 4.59. The van der Waals surface area contributed by atoms with Crippen LogP contribution >= 0.6 is 15.9 Å². The van der Waals surface area contributed by atoms with Gasteiger partial charge in [-0.3, -0.25) is 4.79 Å². The van der Waals surface area contributed by atoms with E-state index in [2.05, 4.69) is 28.2 Å². The number of carbonyl (C=O) groups excluding carboxylic acids is 1. The van der Waals surface area contributed by atoms with Gasteiger partial charge in [0.25, 0.3) is 5.91 Å². The molecule has 1 N–H and O–H groups in total. The fraction of sp³-hybridized carbons (Fsp3) is 0.583. The highest BCUT2D eigenvalue weighted by Crippen LogP contribution is 2.17. The number of carbonyl (C=O) groups is 1. The van der Waals surface area contributed by atoms with Crippen LogP contribution in [0.15, 0.2) is 16.5 Å². The molecule has 90 valence electrons. The van der Waals surface area contributed by atoms with Crippen molar-refractivity contribution in [1.82, 2.24) is 5.32 Å². The molecule has 0 spiro atoms. The van der Waals surface area contributed by atoms with Crippen LogP contribution in [0, 0.1) is 6.92 Å². The van der Waals surface area contributed by atoms with Crippen LogP contribution in [0.3, 0.4) is 0 Å². The summed E-state index contributed by atoms with van der Waals surface area (Å²) in [5, 5.41) is 3.88. The smallest absolute Gasteiger partial charge is 0.287 e. The molecule has 3 nitrogen and oxygen atoms in total. The highest BCUT2D eigenvalue weighted by molar-refractivity contribution is 9.09. The summed E-state index contributed by atoms with van der Waals surface area (Å²) in [5.41, 5.74) is -0.179. The summed E-state index contributed by atoms with van der Waals surface area (Å²) in [7, 11) is 0. The molecule has 1 amide bonds. The number of aryl methyl sites for hydroxylation is 1. The van der Waals surface area contributed by atoms with Gasteiger partial charge in [0.05, 0.1) is 0 Å². The first kappa shape index (κ1) is 13.3. The lowest BCUT2D eigenvalue weighted by Gasteiger charge is -2.28. The van der Waals surface area contributed by atoms with E-state index in [9.17, 15) is 4.79 Å². The molecule has 0 fully saturated rings. The summed E-state index contributed by atoms with van der Waals surface area (Å²) < 4.78 is 5.29. The van der Waals surface area contributed by atoms with E-state index in [0.29, 0.717) is 5.76 Å². The Morgan fingerprint density at radius 3 is 2.69 bits per heavy atom. The van der Waals surface area contributed by atoms with E-state index in [-0.39, 0.29) is 11.4 Å². The van der Waals surface area contributed by atoms with E-state index < -0.39 is 0 Å². The summed E-state index contributed by atoms with van der Waals surface area (Å²) in [6.07, 6.45) is 1.79. The molecule has 1 unspecified atom stereocenters. The minimum absolute atomic E-state index is 0.140. The molecule has 0 saturated heterocycles. The standard InChI is InChI=1S/C12H18BrNO2/c1-4-12(3,7-8-13)14-11(15)10-6-5-9(2)16-10/h5-6H,4,7-8H2,1-3H3,(H,14,15). The predicted octanol–water partition coefficient (Wildman–Crippen LogP) is 3.27. The van der Waals surface area contributed by atoms with Gasteiger partial charge < -0.3 is 9.73 Å². The maximum Gasteiger partial charge on any atom is 0.287 e. The molecule has 0 aliphatic heterocycles. The zero-order valence-corrected chi connectivity index (χ0v) is 11.6. The van der Waals surface area contributed by atoms with Crippen LogP contribution in [0.4, 0.5) is 0 Å². The van der Waals surface area contributed by atoms with Crippen molar-refractivity contribution in [3.05, 3.63) is 23.7 Å². The van der Waals surface area contributed by atoms with Crippen molar-refractivity contribution in [2.45, 2.75) is 39.2 Å². The van der Waals surface area contributed by atoms with Crippen LogP contribution < -0.4 is 5.32 Å². The molecule has 1 rings (SSSR count). The number of furan rings is 1. The third-order valence-electron chi connectivity index (χ3n) is 2.81. The highest BCUT2D eigenvalue weighted by Gasteiger charge is 2.25. The van der Waals surface area contributed by atoms with Gasteiger partial charge in [0.1, 0.15) is 5.76 Å². The summed E-state index contributed by atoms with van der Waals surface area (Å²) in [6.45, 7) is 5.94. The molecule has 1 aromatic heterocycles. The van der Waals surface area contributed by atoms with Crippen LogP contribution in [0.1, 0.15) is 43.0 Å². The van der Waals surface area contributed by atoms with Crippen molar-refractivity contribution < 1.29 is 9.21 Å². The highest BCUT2D eigenvalue weighted by atomic mass is 79.9. The lowest BCUT2D eigenvalue weighted by molar-refractivity contribution is 0.0872. The minimum atomic E-state index is -0.179. The van der Waals surface area contributed by atoms with Crippen molar-refractivity contribution in [3.63, 3.8) is 0 Å². The van der Waals surface area contributed by atoms with Crippen molar-refractivity contribution >= 4 is 21.8 Å². The van der Waals surface area contributed by atoms with Crippen LogP contribution in [0.25, 0.3) is 0 Å². The summed E-state index contributed by atoms with van der Waals surface area (Å²) in [5.74, 6) is 0.994. The van der Waals surface area contributed by atoms with Gasteiger partial charge in [0.15, 0.2) is 5.76 Å². The van der Waals surface area contributed by atoms with E-state index in [4.69, 9.17) is 4.42 Å². The average molecular weight is 288 g/mol. The normalized spacial score (nSPS) is 14.5. The van der Waals surface area contributed by atoms with Crippen molar-refractivity contribution in [1.29, 1.82) is 0 Å². The molecule has 0 aliphatic carbocycles. The molecule has 0 bridgehead atoms. The van der Waals surface area contributed by atoms with Crippen molar-refractivity contribution in [2.75, 3.05) is 5.33 Å². The Labute approximate surface area is 105 Å². The van der Waals surface area contributed by atoms with Gasteiger partial charge in [-0.15, -0.1) is 0 Å². The number of nitrogens with one attached hydrogen (secondary N) is 1. The molecule has 0 aliphatic rings. The van der Waals surface area contributed by atoms with Gasteiger partial charge in [-0.1, -0.05) is 22.9 Å². The monoisotopic (exact) mass is 287 g/mol. The Morgan fingerprint density at radius 2 is 2.25 bits per heavy atom. The zero-order chi connectivity index (χ0) is 12.2. The molecule has 0 aromatic carbocycles. The van der Waals surface area contributed by atoms with Gasteiger partial charge in [-0.05, 0) is 38.8 Å². The first-order chi connectivity index (χ1) is 7.50. The second-order valence-electron chi connectivity index (χ2n) is 4.22. The Balaban J connectivity index is 2.69. The number of hydrogen-bond acceptors (Lipinski definition) is 2. The summed E-state index contributed by atoms with van der Waals surface area (Å²) >= 11 is 3.40. The quantitative estimate of drug-likeness (QED) is 0.845. The third kappa shape index (κ3) is 3.37. The Morgan fingerprint density at radius 1 is 1.56 bits per heavy atom. The number of hydrogen-bond donors (Lipinski definition) is 1. The molecule has 1 aromatic rings. The molecule has 0 radical (unpaired) electrons. The third-order valence-corrected chi connectivity index (χ3v) is 3.20. The van der Waals surface area contributed by atoms with E-state index in [1.807, 2.05) is 13.8 Å². The van der Waals surface area contributed by atoms with E-state index in [0.717, 1.165) is 23.9 Å². The molecule has 0 saturated carbocycles. The number of halogens is 1. The van der Waals surface area contributed by atoms with Crippen molar-refractivity contribution in [3.8, 4) is 0 Å². The first-order valence-corrected chi connectivity index (χ1v) is 6.58. The van der Waals surface area contributed by atoms with Crippen LogP contribution in [0.2, 0.25) is 0 Å². The lowest BCUT2D eigenvalue weighted by Crippen LogP contribution is -2.45. The largest absolute Gasteiger partial charge is 0.456 e. The summed E-state index contributed by atoms with van der Waals surface area (Å²) in [6, 6.07) is 3.50. The summed E-state index contributed by atoms with van der Waals surface area (Å²) in [4.78, 5) is 11.9. The van der Waals surface area contributed by atoms with Crippen LogP contribution in [-0.2, 0) is 0 Å². The minimum Gasteiger partial charge on any atom is -0.456 e. The second-order valence-corrected chi connectivity index (χ2v) is 5.01. The van der Waals surface area contributed by atoms with Crippen molar-refractivity contribution in [2.24, 2.45) is 0 Å². The lowest BCUT2D eigenvalue weighted by atomic mass is 9.95. The van der Waals surface area contributed by atoms with Crippen LogP contribution in [0.5, 0.6) is 0 Å². The van der Waals surface area contributed by atoms with Gasteiger partial charge in [0, 0.05) is 10.9 Å². The van der Waals surface area contributed by atoms with E-state index in [1.165, 1.54) is 0 Å². The molecule has 1 atom stereocenters. The Hall–Kier alpha value is -0.770. The topological polar surface area (TPSA) is 42.2 Å². The van der Waals surface area contributed by atoms with E-state index in [1.54, 1.807) is 12.1 Å². The molecule has 16 heavy (non-hydrogen) atoms. The molecule has 4 heteroatoms. The maximum atomic E-state index is 11.9. The number of amides is 1. The first-order valence-electron chi connectivity index (χ1n) is 5.45. The van der Waals surface area contributed by atoms with Gasteiger partial charge in [-0.25, -0.2) is 0 Å². The molecular weight excluding hydrogens is 270 g/mol. The maximum absolute atomic E-state index is 11.9.